The first kappa shape index (κ1) is 7.74. The maximum atomic E-state index is 8.28. The third-order valence-electron chi connectivity index (χ3n) is 1.24. The maximum Gasteiger partial charge on any atom is 0.0669 e. The van der Waals surface area contributed by atoms with Crippen molar-refractivity contribution in [3.05, 3.63) is 0 Å². The summed E-state index contributed by atoms with van der Waals surface area (Å²) in [7, 11) is 0. The van der Waals surface area contributed by atoms with Gasteiger partial charge in [-0.05, 0) is 13.0 Å². The van der Waals surface area contributed by atoms with E-state index >= 15 is 0 Å². The van der Waals surface area contributed by atoms with E-state index in [0.717, 1.165) is 19.5 Å². The van der Waals surface area contributed by atoms with Crippen LogP contribution in [-0.4, -0.2) is 13.1 Å². The molecule has 46 valence electrons. The van der Waals surface area contributed by atoms with Crippen LogP contribution in [0.3, 0.4) is 0 Å². The molecule has 0 amide bonds. The highest BCUT2D eigenvalue weighted by Gasteiger charge is 2.11. The van der Waals surface area contributed by atoms with Gasteiger partial charge in [-0.2, -0.15) is 5.26 Å². The van der Waals surface area contributed by atoms with Crippen LogP contribution in [0.5, 0.6) is 0 Å². The average Bonchev–Trinajstić information content (AvgIpc) is 2.14. The van der Waals surface area contributed by atoms with Crippen LogP contribution in [0.15, 0.2) is 0 Å². The number of nitrogens with zero attached hydrogens (tertiary/aromatic N) is 1. The lowest BCUT2D eigenvalue weighted by Gasteiger charge is -1.87. The second-order valence-corrected chi connectivity index (χ2v) is 1.82. The van der Waals surface area contributed by atoms with Crippen LogP contribution in [0.1, 0.15) is 6.42 Å². The first-order valence-corrected chi connectivity index (χ1v) is 2.54. The molecule has 0 aromatic heterocycles. The molecule has 2 nitrogen and oxygen atoms in total. The van der Waals surface area contributed by atoms with Gasteiger partial charge in [0.25, 0.3) is 0 Å². The minimum absolute atomic E-state index is 0. The topological polar surface area (TPSA) is 35.8 Å². The average molecular weight is 133 g/mol. The summed E-state index contributed by atoms with van der Waals surface area (Å²) in [6, 6.07) is 2.20. The third kappa shape index (κ3) is 1.69. The Morgan fingerprint density at radius 2 is 2.38 bits per heavy atom. The highest BCUT2D eigenvalue weighted by atomic mass is 35.5. The zero-order chi connectivity index (χ0) is 5.11. The summed E-state index contributed by atoms with van der Waals surface area (Å²) < 4.78 is 0. The molecule has 1 heterocycles. The van der Waals surface area contributed by atoms with Crippen molar-refractivity contribution in [3.8, 4) is 6.07 Å². The Labute approximate surface area is 55.3 Å². The SMILES string of the molecule is Cl.N#C[C@@H]1CCNC1. The Morgan fingerprint density at radius 1 is 1.62 bits per heavy atom. The molecule has 0 aromatic rings. The molecule has 1 N–H and O–H groups in total. The standard InChI is InChI=1S/C5H8N2.ClH/c6-3-5-1-2-7-4-5;/h5,7H,1-2,4H2;1H/t5-;/m0./s1. The van der Waals surface area contributed by atoms with E-state index in [9.17, 15) is 0 Å². The maximum absolute atomic E-state index is 8.28. The van der Waals surface area contributed by atoms with Gasteiger partial charge in [0.15, 0.2) is 0 Å². The predicted octanol–water partition coefficient (Wildman–Crippen LogP) is 0.541. The Kier molecular flexibility index (Phi) is 3.59. The molecule has 1 aliphatic heterocycles. The van der Waals surface area contributed by atoms with E-state index < -0.39 is 0 Å². The van der Waals surface area contributed by atoms with Crippen LogP contribution in [0.4, 0.5) is 0 Å². The summed E-state index contributed by atoms with van der Waals surface area (Å²) in [4.78, 5) is 0. The number of nitrogens with one attached hydrogen (secondary N) is 1. The fourth-order valence-corrected chi connectivity index (χ4v) is 0.765. The quantitative estimate of drug-likeness (QED) is 0.522. The van der Waals surface area contributed by atoms with E-state index in [1.165, 1.54) is 0 Å². The summed E-state index contributed by atoms with van der Waals surface area (Å²) in [6.45, 7) is 1.93. The van der Waals surface area contributed by atoms with Crippen LogP contribution in [0.2, 0.25) is 0 Å². The molecule has 0 saturated carbocycles. The molecule has 1 aliphatic rings. The Balaban J connectivity index is 0.000000490. The molecule has 8 heavy (non-hydrogen) atoms. The number of hydrogen-bond donors (Lipinski definition) is 1. The summed E-state index contributed by atoms with van der Waals surface area (Å²) in [5, 5.41) is 11.4. The summed E-state index contributed by atoms with van der Waals surface area (Å²) in [5.74, 6) is 0.292. The van der Waals surface area contributed by atoms with E-state index in [4.69, 9.17) is 5.26 Å². The van der Waals surface area contributed by atoms with Gasteiger partial charge in [0, 0.05) is 6.54 Å². The molecule has 3 heteroatoms. The van der Waals surface area contributed by atoms with Crippen molar-refractivity contribution in [2.24, 2.45) is 5.92 Å². The van der Waals surface area contributed by atoms with Gasteiger partial charge in [-0.3, -0.25) is 0 Å². The number of hydrogen-bond acceptors (Lipinski definition) is 2. The van der Waals surface area contributed by atoms with Gasteiger partial charge in [0.05, 0.1) is 12.0 Å². The lowest BCUT2D eigenvalue weighted by molar-refractivity contribution is 0.743. The molecule has 1 atom stereocenters. The van der Waals surface area contributed by atoms with Gasteiger partial charge >= 0.3 is 0 Å². The minimum Gasteiger partial charge on any atom is -0.315 e. The fraction of sp³-hybridized carbons (Fsp3) is 0.800. The second kappa shape index (κ2) is 3.71. The first-order chi connectivity index (χ1) is 3.43. The monoisotopic (exact) mass is 132 g/mol. The predicted molar refractivity (Wildman–Crippen MR) is 33.8 cm³/mol. The number of halogens is 1. The molecule has 1 rings (SSSR count). The van der Waals surface area contributed by atoms with Crippen molar-refractivity contribution in [2.45, 2.75) is 6.42 Å². The van der Waals surface area contributed by atoms with Crippen LogP contribution >= 0.6 is 12.4 Å². The zero-order valence-corrected chi connectivity index (χ0v) is 5.37. The molecule has 1 saturated heterocycles. The summed E-state index contributed by atoms with van der Waals surface area (Å²) >= 11 is 0. The Morgan fingerprint density at radius 3 is 2.62 bits per heavy atom. The highest BCUT2D eigenvalue weighted by Crippen LogP contribution is 2.03. The first-order valence-electron chi connectivity index (χ1n) is 2.54. The number of nitriles is 1. The van der Waals surface area contributed by atoms with Crippen LogP contribution in [-0.2, 0) is 0 Å². The van der Waals surface area contributed by atoms with Gasteiger partial charge in [0.2, 0.25) is 0 Å². The van der Waals surface area contributed by atoms with Crippen molar-refractivity contribution in [1.82, 2.24) is 5.32 Å². The molecule has 0 radical (unpaired) electrons. The van der Waals surface area contributed by atoms with Gasteiger partial charge in [-0.25, -0.2) is 0 Å². The van der Waals surface area contributed by atoms with Crippen molar-refractivity contribution in [1.29, 1.82) is 5.26 Å². The second-order valence-electron chi connectivity index (χ2n) is 1.82. The van der Waals surface area contributed by atoms with Crippen molar-refractivity contribution >= 4 is 12.4 Å². The molecular formula is C5H9ClN2. The van der Waals surface area contributed by atoms with E-state index in [1.54, 1.807) is 0 Å². The Hall–Kier alpha value is -0.260. The molecule has 1 fully saturated rings. The van der Waals surface area contributed by atoms with Gasteiger partial charge in [-0.1, -0.05) is 0 Å². The lowest BCUT2D eigenvalue weighted by atomic mass is 10.2. The molecule has 0 unspecified atom stereocenters. The lowest BCUT2D eigenvalue weighted by Crippen LogP contribution is -2.07. The van der Waals surface area contributed by atoms with Gasteiger partial charge < -0.3 is 5.32 Å². The Bertz CT molecular complexity index is 91.1. The molecule has 0 bridgehead atoms. The van der Waals surface area contributed by atoms with Crippen LogP contribution in [0.25, 0.3) is 0 Å². The minimum atomic E-state index is 0. The van der Waals surface area contributed by atoms with Crippen molar-refractivity contribution in [3.63, 3.8) is 0 Å². The largest absolute Gasteiger partial charge is 0.315 e. The highest BCUT2D eigenvalue weighted by molar-refractivity contribution is 5.85. The van der Waals surface area contributed by atoms with E-state index in [2.05, 4.69) is 11.4 Å². The molecule has 0 spiro atoms. The van der Waals surface area contributed by atoms with Crippen molar-refractivity contribution in [2.75, 3.05) is 13.1 Å². The summed E-state index contributed by atoms with van der Waals surface area (Å²) in [6.07, 6.45) is 1.04. The summed E-state index contributed by atoms with van der Waals surface area (Å²) in [5.41, 5.74) is 0. The smallest absolute Gasteiger partial charge is 0.0669 e. The molecule has 0 aliphatic carbocycles. The zero-order valence-electron chi connectivity index (χ0n) is 4.55. The van der Waals surface area contributed by atoms with E-state index in [-0.39, 0.29) is 12.4 Å². The van der Waals surface area contributed by atoms with E-state index in [0.29, 0.717) is 5.92 Å². The van der Waals surface area contributed by atoms with Gasteiger partial charge in [0.1, 0.15) is 0 Å². The fourth-order valence-electron chi connectivity index (χ4n) is 0.765. The normalized spacial score (nSPS) is 26.1. The van der Waals surface area contributed by atoms with E-state index in [1.807, 2.05) is 0 Å². The van der Waals surface area contributed by atoms with Crippen LogP contribution in [0, 0.1) is 17.2 Å². The molecule has 0 aromatic carbocycles. The van der Waals surface area contributed by atoms with Gasteiger partial charge in [-0.15, -0.1) is 12.4 Å². The van der Waals surface area contributed by atoms with Crippen molar-refractivity contribution < 1.29 is 0 Å². The van der Waals surface area contributed by atoms with Crippen LogP contribution < -0.4 is 5.32 Å². The number of rotatable bonds is 0. The molecular weight excluding hydrogens is 124 g/mol. The third-order valence-corrected chi connectivity index (χ3v) is 1.24.